The average molecular weight is 459 g/mol. The summed E-state index contributed by atoms with van der Waals surface area (Å²) in [6.45, 7) is 2.30. The molecule has 4 rings (SSSR count). The minimum absolute atomic E-state index is 0.205. The Morgan fingerprint density at radius 1 is 1.15 bits per heavy atom. The fourth-order valence-corrected chi connectivity index (χ4v) is 4.38. The van der Waals surface area contributed by atoms with Crippen molar-refractivity contribution in [2.24, 2.45) is 0 Å². The molecule has 1 saturated carbocycles. The zero-order chi connectivity index (χ0) is 24.1. The van der Waals surface area contributed by atoms with E-state index in [0.717, 1.165) is 29.5 Å². The minimum Gasteiger partial charge on any atom is -0.496 e. The van der Waals surface area contributed by atoms with Crippen molar-refractivity contribution in [1.82, 2.24) is 15.3 Å². The van der Waals surface area contributed by atoms with Crippen LogP contribution in [0, 0.1) is 12.3 Å². The number of para-hydroxylation sites is 1. The summed E-state index contributed by atoms with van der Waals surface area (Å²) in [5, 5.41) is 15.3. The number of nitrogens with zero attached hydrogens (tertiary/aromatic N) is 2. The molecule has 1 fully saturated rings. The van der Waals surface area contributed by atoms with Gasteiger partial charge in [0.1, 0.15) is 23.7 Å². The molecule has 0 aliphatic heterocycles. The lowest BCUT2D eigenvalue weighted by atomic mass is 9.96. The van der Waals surface area contributed by atoms with Gasteiger partial charge in [-0.25, -0.2) is 9.97 Å². The number of hydrogen-bond acceptors (Lipinski definition) is 7. The second-order valence-electron chi connectivity index (χ2n) is 8.52. The van der Waals surface area contributed by atoms with Crippen molar-refractivity contribution in [3.8, 4) is 5.75 Å². The molecule has 34 heavy (non-hydrogen) atoms. The monoisotopic (exact) mass is 458 g/mol. The Morgan fingerprint density at radius 3 is 2.65 bits per heavy atom. The summed E-state index contributed by atoms with van der Waals surface area (Å²) in [4.78, 5) is 21.1. The van der Waals surface area contributed by atoms with E-state index in [1.54, 1.807) is 25.3 Å². The fraction of sp³-hybridized carbons (Fsp3) is 0.308. The van der Waals surface area contributed by atoms with Gasteiger partial charge in [-0.3, -0.25) is 10.2 Å². The quantitative estimate of drug-likeness (QED) is 0.377. The molecule has 8 heteroatoms. The van der Waals surface area contributed by atoms with Gasteiger partial charge in [-0.15, -0.1) is 0 Å². The molecule has 0 bridgehead atoms. The highest BCUT2D eigenvalue weighted by molar-refractivity contribution is 6.16. The van der Waals surface area contributed by atoms with Gasteiger partial charge in [-0.2, -0.15) is 0 Å². The molecule has 5 N–H and O–H groups in total. The maximum absolute atomic E-state index is 12.6. The predicted molar refractivity (Wildman–Crippen MR) is 134 cm³/mol. The number of aromatic nitrogens is 2. The van der Waals surface area contributed by atoms with E-state index >= 15 is 0 Å². The van der Waals surface area contributed by atoms with Crippen molar-refractivity contribution >= 4 is 23.3 Å². The van der Waals surface area contributed by atoms with Gasteiger partial charge in [0, 0.05) is 18.2 Å². The van der Waals surface area contributed by atoms with Gasteiger partial charge >= 0.3 is 0 Å². The largest absolute Gasteiger partial charge is 0.496 e. The number of methoxy groups -OCH3 is 1. The van der Waals surface area contributed by atoms with Gasteiger partial charge < -0.3 is 21.1 Å². The van der Waals surface area contributed by atoms with Crippen molar-refractivity contribution in [3.05, 3.63) is 76.6 Å². The number of carbonyl (C=O) groups is 1. The second-order valence-corrected chi connectivity index (χ2v) is 8.52. The van der Waals surface area contributed by atoms with Crippen molar-refractivity contribution in [3.63, 3.8) is 0 Å². The third-order valence-electron chi connectivity index (χ3n) is 6.19. The molecule has 1 aliphatic carbocycles. The van der Waals surface area contributed by atoms with E-state index in [4.69, 9.17) is 15.9 Å². The molecule has 8 nitrogen and oxygen atoms in total. The van der Waals surface area contributed by atoms with E-state index in [1.807, 2.05) is 31.2 Å². The first-order valence-corrected chi connectivity index (χ1v) is 11.4. The first kappa shape index (κ1) is 23.2. The van der Waals surface area contributed by atoms with Crippen LogP contribution in [0.1, 0.15) is 58.3 Å². The number of nitrogens with two attached hydrogens (primary N) is 1. The van der Waals surface area contributed by atoms with Crippen LogP contribution in [0.3, 0.4) is 0 Å². The summed E-state index contributed by atoms with van der Waals surface area (Å²) in [6, 6.07) is 13.2. The van der Waals surface area contributed by atoms with Gasteiger partial charge in [0.25, 0.3) is 5.91 Å². The molecule has 2 aromatic carbocycles. The molecular weight excluding hydrogens is 428 g/mol. The Hall–Kier alpha value is -3.94. The molecule has 0 saturated heterocycles. The highest BCUT2D eigenvalue weighted by Gasteiger charge is 2.22. The van der Waals surface area contributed by atoms with Crippen LogP contribution in [-0.4, -0.2) is 34.7 Å². The van der Waals surface area contributed by atoms with Crippen molar-refractivity contribution in [2.75, 3.05) is 18.2 Å². The van der Waals surface area contributed by atoms with Gasteiger partial charge in [-0.05, 0) is 43.0 Å². The third-order valence-corrected chi connectivity index (χ3v) is 6.19. The highest BCUT2D eigenvalue weighted by atomic mass is 16.5. The van der Waals surface area contributed by atoms with Crippen LogP contribution in [0.25, 0.3) is 0 Å². The number of nitrogens with one attached hydrogen (secondary N) is 3. The number of rotatable bonds is 8. The van der Waals surface area contributed by atoms with E-state index in [0.29, 0.717) is 35.3 Å². The lowest BCUT2D eigenvalue weighted by molar-refractivity contribution is 0.0948. The molecule has 1 aliphatic rings. The first-order chi connectivity index (χ1) is 16.5. The topological polar surface area (TPSA) is 126 Å². The number of carbonyl (C=O) groups excluding carboxylic acids is 1. The van der Waals surface area contributed by atoms with Crippen LogP contribution in [0.4, 0.5) is 11.6 Å². The smallest absolute Gasteiger partial charge is 0.255 e. The highest BCUT2D eigenvalue weighted by Crippen LogP contribution is 2.27. The summed E-state index contributed by atoms with van der Waals surface area (Å²) >= 11 is 0. The summed E-state index contributed by atoms with van der Waals surface area (Å²) in [5.74, 6) is 1.22. The molecule has 1 heterocycles. The van der Waals surface area contributed by atoms with Gasteiger partial charge in [0.2, 0.25) is 0 Å². The summed E-state index contributed by atoms with van der Waals surface area (Å²) in [7, 11) is 1.54. The maximum Gasteiger partial charge on any atom is 0.255 e. The molecular formula is C26H30N6O2. The van der Waals surface area contributed by atoms with Gasteiger partial charge in [0.05, 0.1) is 23.9 Å². The molecule has 0 spiro atoms. The lowest BCUT2D eigenvalue weighted by Crippen LogP contribution is -2.23. The Bertz CT molecular complexity index is 1200. The van der Waals surface area contributed by atoms with E-state index in [1.165, 1.54) is 19.2 Å². The first-order valence-electron chi connectivity index (χ1n) is 11.4. The molecule has 3 aromatic rings. The number of benzene rings is 2. The molecule has 0 radical (unpaired) electrons. The number of ether oxygens (including phenoxy) is 1. The number of hydrogen-bond donors (Lipinski definition) is 4. The Balaban J connectivity index is 1.50. The summed E-state index contributed by atoms with van der Waals surface area (Å²) < 4.78 is 5.27. The average Bonchev–Trinajstić information content (AvgIpc) is 3.35. The normalized spacial score (nSPS) is 13.5. The Morgan fingerprint density at radius 2 is 1.91 bits per heavy atom. The Labute approximate surface area is 199 Å². The fourth-order valence-electron chi connectivity index (χ4n) is 4.38. The van der Waals surface area contributed by atoms with Crippen LogP contribution < -0.4 is 21.1 Å². The SMILES string of the molecule is COc1ccccc1C(=O)NCc1ccc(C(=N)c2c(N)ncnc2NC2CCCC2)c(C)c1. The zero-order valence-electron chi connectivity index (χ0n) is 19.5. The van der Waals surface area contributed by atoms with E-state index in [-0.39, 0.29) is 17.4 Å². The van der Waals surface area contributed by atoms with Crippen LogP contribution in [-0.2, 0) is 6.54 Å². The third kappa shape index (κ3) is 5.01. The number of aryl methyl sites for hydroxylation is 1. The van der Waals surface area contributed by atoms with Crippen LogP contribution in [0.5, 0.6) is 5.75 Å². The lowest BCUT2D eigenvalue weighted by Gasteiger charge is -2.18. The van der Waals surface area contributed by atoms with E-state index < -0.39 is 0 Å². The van der Waals surface area contributed by atoms with Crippen LogP contribution in [0.15, 0.2) is 48.8 Å². The van der Waals surface area contributed by atoms with E-state index in [2.05, 4.69) is 20.6 Å². The Kier molecular flexibility index (Phi) is 7.06. The van der Waals surface area contributed by atoms with Crippen molar-refractivity contribution < 1.29 is 9.53 Å². The maximum atomic E-state index is 12.6. The molecule has 0 unspecified atom stereocenters. The molecule has 1 amide bonds. The summed E-state index contributed by atoms with van der Waals surface area (Å²) in [5.41, 5.74) is 10.1. The number of anilines is 2. The summed E-state index contributed by atoms with van der Waals surface area (Å²) in [6.07, 6.45) is 6.00. The standard InChI is InChI=1S/C26H30N6O2/c1-16-13-17(14-29-26(33)20-9-5-6-10-21(20)34-2)11-12-19(16)23(27)22-24(28)30-15-31-25(22)32-18-7-3-4-8-18/h5-6,9-13,15,18,27H,3-4,7-8,14H2,1-2H3,(H,29,33)(H3,28,30,31,32). The van der Waals surface area contributed by atoms with Crippen molar-refractivity contribution in [2.45, 2.75) is 45.2 Å². The predicted octanol–water partition coefficient (Wildman–Crippen LogP) is 4.08. The van der Waals surface area contributed by atoms with Crippen molar-refractivity contribution in [1.29, 1.82) is 5.41 Å². The number of amides is 1. The van der Waals surface area contributed by atoms with E-state index in [9.17, 15) is 4.79 Å². The molecule has 176 valence electrons. The van der Waals surface area contributed by atoms with Gasteiger partial charge in [0.15, 0.2) is 0 Å². The van der Waals surface area contributed by atoms with Gasteiger partial charge in [-0.1, -0.05) is 43.2 Å². The molecule has 1 aromatic heterocycles. The number of nitrogen functional groups attached to an aromatic ring is 1. The molecule has 0 atom stereocenters. The van der Waals surface area contributed by atoms with Crippen LogP contribution >= 0.6 is 0 Å². The minimum atomic E-state index is -0.205. The van der Waals surface area contributed by atoms with Crippen LogP contribution in [0.2, 0.25) is 0 Å². The second kappa shape index (κ2) is 10.3. The zero-order valence-corrected chi connectivity index (χ0v) is 19.5.